The van der Waals surface area contributed by atoms with Gasteiger partial charge in [-0.15, -0.1) is 24.8 Å². The fraction of sp³-hybridized carbons (Fsp3) is 0.379. The molecule has 202 valence electrons. The van der Waals surface area contributed by atoms with Crippen LogP contribution < -0.4 is 0 Å². The van der Waals surface area contributed by atoms with Gasteiger partial charge in [0.05, 0.1) is 12.7 Å². The summed E-state index contributed by atoms with van der Waals surface area (Å²) in [6.45, 7) is 6.28. The van der Waals surface area contributed by atoms with Gasteiger partial charge in [0.2, 0.25) is 0 Å². The van der Waals surface area contributed by atoms with Crippen molar-refractivity contribution in [2.24, 2.45) is 0 Å². The average molecular weight is 554 g/mol. The molecule has 0 amide bonds. The van der Waals surface area contributed by atoms with Crippen LogP contribution in [0.2, 0.25) is 0 Å². The number of rotatable bonds is 11. The molecule has 1 unspecified atom stereocenters. The number of aliphatic hydroxyl groups excluding tert-OH is 1. The molecule has 0 bridgehead atoms. The third kappa shape index (κ3) is 9.64. The summed E-state index contributed by atoms with van der Waals surface area (Å²) in [6, 6.07) is 22.4. The summed E-state index contributed by atoms with van der Waals surface area (Å²) in [5.74, 6) is -0.585. The fourth-order valence-electron chi connectivity index (χ4n) is 4.55. The molecule has 0 aliphatic carbocycles. The van der Waals surface area contributed by atoms with Crippen LogP contribution >= 0.6 is 24.8 Å². The molecule has 1 aliphatic heterocycles. The number of nitrogens with zero attached hydrogens (tertiary/aromatic N) is 2. The second kappa shape index (κ2) is 16.0. The summed E-state index contributed by atoms with van der Waals surface area (Å²) in [5, 5.41) is 10.3. The number of aliphatic hydroxyl groups is 1. The van der Waals surface area contributed by atoms with E-state index in [1.54, 1.807) is 24.3 Å². The lowest BCUT2D eigenvalue weighted by atomic mass is 10.0. The molecule has 1 saturated heterocycles. The van der Waals surface area contributed by atoms with Crippen LogP contribution in [0.15, 0.2) is 78.9 Å². The molecule has 0 aromatic heterocycles. The van der Waals surface area contributed by atoms with E-state index in [1.165, 1.54) is 24.3 Å². The Morgan fingerprint density at radius 2 is 1.16 bits per heavy atom. The maximum absolute atomic E-state index is 13.4. The molecule has 1 aliphatic rings. The third-order valence-corrected chi connectivity index (χ3v) is 6.64. The van der Waals surface area contributed by atoms with Crippen molar-refractivity contribution in [1.82, 2.24) is 9.80 Å². The number of hydrogen-bond donors (Lipinski definition) is 1. The minimum absolute atomic E-state index is 0. The minimum Gasteiger partial charge on any atom is -0.388 e. The summed E-state index contributed by atoms with van der Waals surface area (Å²) >= 11 is 0. The van der Waals surface area contributed by atoms with Gasteiger partial charge in [-0.05, 0) is 60.3 Å². The maximum atomic E-state index is 13.4. The van der Waals surface area contributed by atoms with Gasteiger partial charge >= 0.3 is 0 Å². The number of benzene rings is 3. The van der Waals surface area contributed by atoms with Gasteiger partial charge < -0.3 is 14.7 Å². The van der Waals surface area contributed by atoms with E-state index in [-0.39, 0.29) is 42.6 Å². The highest BCUT2D eigenvalue weighted by molar-refractivity contribution is 5.85. The van der Waals surface area contributed by atoms with E-state index in [2.05, 4.69) is 9.80 Å². The second-order valence-corrected chi connectivity index (χ2v) is 9.11. The van der Waals surface area contributed by atoms with E-state index < -0.39 is 6.10 Å². The van der Waals surface area contributed by atoms with E-state index in [4.69, 9.17) is 4.74 Å². The lowest BCUT2D eigenvalue weighted by molar-refractivity contribution is 0.0443. The monoisotopic (exact) mass is 552 g/mol. The summed E-state index contributed by atoms with van der Waals surface area (Å²) in [4.78, 5) is 4.84. The first-order chi connectivity index (χ1) is 17.1. The van der Waals surface area contributed by atoms with Crippen molar-refractivity contribution >= 4 is 24.8 Å². The van der Waals surface area contributed by atoms with Crippen LogP contribution in [0, 0.1) is 11.6 Å². The number of ether oxygens (including phenoxy) is 1. The zero-order valence-corrected chi connectivity index (χ0v) is 22.5. The Bertz CT molecular complexity index is 973. The Hall–Kier alpha value is -2.06. The standard InChI is InChI=1S/C29H34F2N2O2.2ClH/c30-26-12-8-24(9-13-26)29(25-10-14-27(31)15-11-25)35-22-21-33-19-17-32(18-20-33)16-4-7-28(34)23-5-2-1-3-6-23;;/h1-3,5-6,8-15,28-29,34H,4,7,16-22H2;2*1H. The largest absolute Gasteiger partial charge is 0.388 e. The van der Waals surface area contributed by atoms with E-state index in [9.17, 15) is 13.9 Å². The molecule has 8 heteroatoms. The normalized spacial score (nSPS) is 15.1. The number of hydrogen-bond acceptors (Lipinski definition) is 4. The Morgan fingerprint density at radius 1 is 0.676 bits per heavy atom. The molecule has 1 fully saturated rings. The fourth-order valence-corrected chi connectivity index (χ4v) is 4.55. The molecular weight excluding hydrogens is 517 g/mol. The van der Waals surface area contributed by atoms with Crippen LogP contribution in [0.1, 0.15) is 41.7 Å². The van der Waals surface area contributed by atoms with Crippen LogP contribution in [0.4, 0.5) is 8.78 Å². The van der Waals surface area contributed by atoms with Crippen molar-refractivity contribution in [2.45, 2.75) is 25.0 Å². The molecule has 4 rings (SSSR count). The van der Waals surface area contributed by atoms with Gasteiger partial charge in [0.25, 0.3) is 0 Å². The van der Waals surface area contributed by atoms with Gasteiger partial charge in [-0.1, -0.05) is 54.6 Å². The molecule has 3 aromatic rings. The molecule has 4 nitrogen and oxygen atoms in total. The zero-order chi connectivity index (χ0) is 24.5. The van der Waals surface area contributed by atoms with Gasteiger partial charge in [0.15, 0.2) is 0 Å². The van der Waals surface area contributed by atoms with Gasteiger partial charge in [0.1, 0.15) is 17.7 Å². The van der Waals surface area contributed by atoms with Crippen molar-refractivity contribution in [3.05, 3.63) is 107 Å². The molecule has 1 atom stereocenters. The smallest absolute Gasteiger partial charge is 0.123 e. The van der Waals surface area contributed by atoms with Gasteiger partial charge in [-0.3, -0.25) is 4.90 Å². The Labute approximate surface area is 231 Å². The molecule has 1 heterocycles. The quantitative estimate of drug-likeness (QED) is 0.314. The van der Waals surface area contributed by atoms with Gasteiger partial charge in [-0.2, -0.15) is 0 Å². The van der Waals surface area contributed by atoms with Crippen molar-refractivity contribution in [2.75, 3.05) is 45.9 Å². The second-order valence-electron chi connectivity index (χ2n) is 9.11. The lowest BCUT2D eigenvalue weighted by Crippen LogP contribution is -2.47. The predicted octanol–water partition coefficient (Wildman–Crippen LogP) is 6.05. The van der Waals surface area contributed by atoms with E-state index >= 15 is 0 Å². The van der Waals surface area contributed by atoms with Gasteiger partial charge in [-0.25, -0.2) is 8.78 Å². The first-order valence-corrected chi connectivity index (χ1v) is 12.4. The molecule has 1 N–H and O–H groups in total. The SMILES string of the molecule is Cl.Cl.OC(CCCN1CCN(CCOC(c2ccc(F)cc2)c2ccc(F)cc2)CC1)c1ccccc1. The van der Waals surface area contributed by atoms with Crippen LogP contribution in [-0.2, 0) is 4.74 Å². The predicted molar refractivity (Wildman–Crippen MR) is 149 cm³/mol. The Morgan fingerprint density at radius 3 is 1.68 bits per heavy atom. The van der Waals surface area contributed by atoms with Crippen molar-refractivity contribution in [3.8, 4) is 0 Å². The van der Waals surface area contributed by atoms with Crippen LogP contribution in [0.3, 0.4) is 0 Å². The summed E-state index contributed by atoms with van der Waals surface area (Å²) in [7, 11) is 0. The van der Waals surface area contributed by atoms with E-state index in [1.807, 2.05) is 30.3 Å². The lowest BCUT2D eigenvalue weighted by Gasteiger charge is -2.35. The Kier molecular flexibility index (Phi) is 13.5. The molecule has 3 aromatic carbocycles. The summed E-state index contributed by atoms with van der Waals surface area (Å²) < 4.78 is 33.1. The highest BCUT2D eigenvalue weighted by atomic mass is 35.5. The Balaban J connectivity index is 0.00000241. The maximum Gasteiger partial charge on any atom is 0.123 e. The number of piperazine rings is 1. The molecule has 0 radical (unpaired) electrons. The van der Waals surface area contributed by atoms with E-state index in [0.717, 1.165) is 68.8 Å². The van der Waals surface area contributed by atoms with Crippen molar-refractivity contribution < 1.29 is 18.6 Å². The van der Waals surface area contributed by atoms with Gasteiger partial charge in [0, 0.05) is 32.7 Å². The molecule has 0 spiro atoms. The highest BCUT2D eigenvalue weighted by Gasteiger charge is 2.19. The van der Waals surface area contributed by atoms with Crippen LogP contribution in [-0.4, -0.2) is 60.8 Å². The summed E-state index contributed by atoms with van der Waals surface area (Å²) in [6.07, 6.45) is 0.973. The first-order valence-electron chi connectivity index (χ1n) is 12.4. The third-order valence-electron chi connectivity index (χ3n) is 6.64. The molecular formula is C29H36Cl2F2N2O2. The average Bonchev–Trinajstić information content (AvgIpc) is 2.89. The first kappa shape index (κ1) is 31.2. The molecule has 0 saturated carbocycles. The zero-order valence-electron chi connectivity index (χ0n) is 20.8. The topological polar surface area (TPSA) is 35.9 Å². The van der Waals surface area contributed by atoms with Crippen molar-refractivity contribution in [3.63, 3.8) is 0 Å². The highest BCUT2D eigenvalue weighted by Crippen LogP contribution is 2.26. The molecule has 37 heavy (non-hydrogen) atoms. The van der Waals surface area contributed by atoms with Crippen molar-refractivity contribution in [1.29, 1.82) is 0 Å². The summed E-state index contributed by atoms with van der Waals surface area (Å²) in [5.41, 5.74) is 2.68. The van der Waals surface area contributed by atoms with Crippen LogP contribution in [0.25, 0.3) is 0 Å². The minimum atomic E-state index is -0.398. The van der Waals surface area contributed by atoms with E-state index in [0.29, 0.717) is 6.61 Å². The number of halogens is 4. The van der Waals surface area contributed by atoms with Crippen LogP contribution in [0.5, 0.6) is 0 Å².